The van der Waals surface area contributed by atoms with Gasteiger partial charge in [-0.25, -0.2) is 4.79 Å². The number of aromatic nitrogens is 1. The van der Waals surface area contributed by atoms with E-state index >= 15 is 0 Å². The minimum Gasteiger partial charge on any atom is -0.408 e. The number of likely N-dealkylation sites (N-methyl/N-ethyl adjacent to an activating group) is 1. The summed E-state index contributed by atoms with van der Waals surface area (Å²) in [4.78, 5) is 28.2. The highest BCUT2D eigenvalue weighted by Gasteiger charge is 2.22. The summed E-state index contributed by atoms with van der Waals surface area (Å²) in [5, 5.41) is 0. The first kappa shape index (κ1) is 13.9. The number of hydrogen-bond donors (Lipinski definition) is 0. The molecule has 21 heavy (non-hydrogen) atoms. The molecule has 2 aromatic rings. The van der Waals surface area contributed by atoms with E-state index in [-0.39, 0.29) is 5.91 Å². The van der Waals surface area contributed by atoms with Crippen LogP contribution < -0.4 is 5.76 Å². The van der Waals surface area contributed by atoms with E-state index < -0.39 is 5.76 Å². The number of fused-ring (bicyclic) bond motifs is 1. The van der Waals surface area contributed by atoms with Gasteiger partial charge in [-0.1, -0.05) is 6.92 Å². The average Bonchev–Trinajstić information content (AvgIpc) is 2.81. The van der Waals surface area contributed by atoms with E-state index in [1.54, 1.807) is 25.2 Å². The molecule has 0 radical (unpaired) electrons. The van der Waals surface area contributed by atoms with Crippen LogP contribution in [-0.4, -0.2) is 53.0 Å². The predicted molar refractivity (Wildman–Crippen MR) is 79.5 cm³/mol. The minimum absolute atomic E-state index is 0.0151. The number of aryl methyl sites for hydroxylation is 1. The molecule has 0 unspecified atom stereocenters. The molecule has 112 valence electrons. The van der Waals surface area contributed by atoms with Crippen LogP contribution >= 0.6 is 0 Å². The molecule has 6 nitrogen and oxygen atoms in total. The fraction of sp³-hybridized carbons (Fsp3) is 0.467. The van der Waals surface area contributed by atoms with Crippen molar-refractivity contribution in [2.24, 2.45) is 7.05 Å². The molecule has 3 rings (SSSR count). The quantitative estimate of drug-likeness (QED) is 0.824. The molecule has 1 aliphatic rings. The molecular formula is C15H19N3O3. The van der Waals surface area contributed by atoms with Crippen molar-refractivity contribution in [3.8, 4) is 0 Å². The number of benzene rings is 1. The van der Waals surface area contributed by atoms with Crippen molar-refractivity contribution in [3.63, 3.8) is 0 Å². The zero-order valence-electron chi connectivity index (χ0n) is 12.3. The summed E-state index contributed by atoms with van der Waals surface area (Å²) >= 11 is 0. The number of piperazine rings is 1. The summed E-state index contributed by atoms with van der Waals surface area (Å²) in [7, 11) is 1.64. The molecule has 2 heterocycles. The van der Waals surface area contributed by atoms with Gasteiger partial charge in [-0.2, -0.15) is 0 Å². The number of amides is 1. The monoisotopic (exact) mass is 289 g/mol. The Balaban J connectivity index is 1.85. The van der Waals surface area contributed by atoms with E-state index in [2.05, 4.69) is 11.8 Å². The van der Waals surface area contributed by atoms with Gasteiger partial charge in [-0.3, -0.25) is 9.36 Å². The molecule has 0 saturated carbocycles. The smallest absolute Gasteiger partial charge is 0.408 e. The van der Waals surface area contributed by atoms with Gasteiger partial charge in [0.15, 0.2) is 5.58 Å². The molecule has 6 heteroatoms. The first-order valence-corrected chi connectivity index (χ1v) is 7.21. The molecule has 1 aromatic heterocycles. The van der Waals surface area contributed by atoms with Crippen LogP contribution in [0.15, 0.2) is 27.4 Å². The zero-order chi connectivity index (χ0) is 15.0. The normalized spacial score (nSPS) is 16.6. The molecule has 0 N–H and O–H groups in total. The maximum absolute atomic E-state index is 12.5. The third-order valence-electron chi connectivity index (χ3n) is 4.15. The summed E-state index contributed by atoms with van der Waals surface area (Å²) in [6.45, 7) is 6.46. The number of rotatable bonds is 2. The van der Waals surface area contributed by atoms with Crippen LogP contribution in [-0.2, 0) is 7.05 Å². The lowest BCUT2D eigenvalue weighted by atomic mass is 10.1. The van der Waals surface area contributed by atoms with Gasteiger partial charge < -0.3 is 14.2 Å². The third-order valence-corrected chi connectivity index (χ3v) is 4.15. The first-order chi connectivity index (χ1) is 10.1. The average molecular weight is 289 g/mol. The van der Waals surface area contributed by atoms with Crippen molar-refractivity contribution < 1.29 is 9.21 Å². The number of hydrogen-bond acceptors (Lipinski definition) is 4. The first-order valence-electron chi connectivity index (χ1n) is 7.21. The fourth-order valence-corrected chi connectivity index (χ4v) is 2.71. The van der Waals surface area contributed by atoms with E-state index in [1.807, 2.05) is 4.90 Å². The van der Waals surface area contributed by atoms with Gasteiger partial charge >= 0.3 is 5.76 Å². The van der Waals surface area contributed by atoms with Crippen molar-refractivity contribution in [3.05, 3.63) is 34.3 Å². The number of nitrogens with zero attached hydrogens (tertiary/aromatic N) is 3. The summed E-state index contributed by atoms with van der Waals surface area (Å²) in [6, 6.07) is 5.14. The van der Waals surface area contributed by atoms with Crippen molar-refractivity contribution in [1.29, 1.82) is 0 Å². The molecule has 1 saturated heterocycles. The topological polar surface area (TPSA) is 58.7 Å². The van der Waals surface area contributed by atoms with E-state index in [0.717, 1.165) is 32.7 Å². The van der Waals surface area contributed by atoms with Crippen LogP contribution in [0.25, 0.3) is 11.1 Å². The van der Waals surface area contributed by atoms with Crippen LogP contribution in [0.5, 0.6) is 0 Å². The van der Waals surface area contributed by atoms with Crippen LogP contribution in [0.4, 0.5) is 0 Å². The lowest BCUT2D eigenvalue weighted by Gasteiger charge is -2.34. The maximum Gasteiger partial charge on any atom is 0.419 e. The highest BCUT2D eigenvalue weighted by atomic mass is 16.4. The lowest BCUT2D eigenvalue weighted by molar-refractivity contribution is 0.0643. The number of carbonyl (C=O) groups excluding carboxylic acids is 1. The Morgan fingerprint density at radius 2 is 1.95 bits per heavy atom. The standard InChI is InChI=1S/C15H19N3O3/c1-3-17-6-8-18(9-7-17)14(19)11-4-5-13-12(10-11)16(2)15(20)21-13/h4-5,10H,3,6-9H2,1-2H3. The van der Waals surface area contributed by atoms with E-state index in [0.29, 0.717) is 16.7 Å². The van der Waals surface area contributed by atoms with Crippen molar-refractivity contribution in [1.82, 2.24) is 14.4 Å². The maximum atomic E-state index is 12.5. The molecule has 1 amide bonds. The van der Waals surface area contributed by atoms with Gasteiger partial charge in [-0.15, -0.1) is 0 Å². The highest BCUT2D eigenvalue weighted by molar-refractivity contribution is 5.97. The SMILES string of the molecule is CCN1CCN(C(=O)c2ccc3oc(=O)n(C)c3c2)CC1. The molecule has 0 atom stereocenters. The van der Waals surface area contributed by atoms with Gasteiger partial charge in [0.05, 0.1) is 5.52 Å². The van der Waals surface area contributed by atoms with Crippen LogP contribution in [0.3, 0.4) is 0 Å². The lowest BCUT2D eigenvalue weighted by Crippen LogP contribution is -2.48. The number of oxazole rings is 1. The Morgan fingerprint density at radius 3 is 2.62 bits per heavy atom. The summed E-state index contributed by atoms with van der Waals surface area (Å²) in [5.41, 5.74) is 1.76. The molecule has 1 aromatic carbocycles. The van der Waals surface area contributed by atoms with E-state index in [4.69, 9.17) is 4.42 Å². The molecule has 1 fully saturated rings. The van der Waals surface area contributed by atoms with E-state index in [1.165, 1.54) is 4.57 Å². The third kappa shape index (κ3) is 2.47. The Hall–Kier alpha value is -2.08. The van der Waals surface area contributed by atoms with Gasteiger partial charge in [0.25, 0.3) is 5.91 Å². The summed E-state index contributed by atoms with van der Waals surface area (Å²) in [6.07, 6.45) is 0. The predicted octanol–water partition coefficient (Wildman–Crippen LogP) is 0.909. The van der Waals surface area contributed by atoms with Gasteiger partial charge in [-0.05, 0) is 24.7 Å². The van der Waals surface area contributed by atoms with Gasteiger partial charge in [0.1, 0.15) is 0 Å². The molecule has 0 bridgehead atoms. The van der Waals surface area contributed by atoms with Gasteiger partial charge in [0.2, 0.25) is 0 Å². The Morgan fingerprint density at radius 1 is 1.24 bits per heavy atom. The van der Waals surface area contributed by atoms with Crippen LogP contribution in [0, 0.1) is 0 Å². The molecular weight excluding hydrogens is 270 g/mol. The highest BCUT2D eigenvalue weighted by Crippen LogP contribution is 2.16. The Labute approximate surface area is 122 Å². The molecule has 0 spiro atoms. The Kier molecular flexibility index (Phi) is 3.55. The van der Waals surface area contributed by atoms with Crippen molar-refractivity contribution >= 4 is 17.0 Å². The molecule has 1 aliphatic heterocycles. The summed E-state index contributed by atoms with van der Waals surface area (Å²) in [5.74, 6) is -0.396. The number of carbonyl (C=O) groups is 1. The van der Waals surface area contributed by atoms with Crippen molar-refractivity contribution in [2.45, 2.75) is 6.92 Å². The van der Waals surface area contributed by atoms with Gasteiger partial charge in [0, 0.05) is 38.8 Å². The largest absolute Gasteiger partial charge is 0.419 e. The second-order valence-corrected chi connectivity index (χ2v) is 5.34. The fourth-order valence-electron chi connectivity index (χ4n) is 2.71. The minimum atomic E-state index is -0.411. The second kappa shape index (κ2) is 5.37. The zero-order valence-corrected chi connectivity index (χ0v) is 12.3. The van der Waals surface area contributed by atoms with E-state index in [9.17, 15) is 9.59 Å². The summed E-state index contributed by atoms with van der Waals surface area (Å²) < 4.78 is 6.50. The molecule has 0 aliphatic carbocycles. The van der Waals surface area contributed by atoms with Crippen molar-refractivity contribution in [2.75, 3.05) is 32.7 Å². The van der Waals surface area contributed by atoms with Crippen LogP contribution in [0.2, 0.25) is 0 Å². The second-order valence-electron chi connectivity index (χ2n) is 5.34. The Bertz CT molecular complexity index is 723. The van der Waals surface area contributed by atoms with Crippen LogP contribution in [0.1, 0.15) is 17.3 Å².